The largest absolute Gasteiger partial charge is 0.504 e. The molecule has 1 aromatic rings. The van der Waals surface area contributed by atoms with Gasteiger partial charge in [0.25, 0.3) is 0 Å². The molecule has 0 saturated heterocycles. The number of aromatic hydroxyl groups is 2. The van der Waals surface area contributed by atoms with Gasteiger partial charge >= 0.3 is 0 Å². The number of phenols is 2. The molecule has 2 unspecified atom stereocenters. The second-order valence-corrected chi connectivity index (χ2v) is 4.82. The number of benzene rings is 1. The highest BCUT2D eigenvalue weighted by atomic mass is 16.3. The second kappa shape index (κ2) is 4.74. The molecule has 3 heteroatoms. The van der Waals surface area contributed by atoms with Crippen LogP contribution in [-0.4, -0.2) is 16.3 Å². The first-order chi connectivity index (χ1) is 7.65. The summed E-state index contributed by atoms with van der Waals surface area (Å²) in [6, 6.07) is 5.58. The summed E-state index contributed by atoms with van der Waals surface area (Å²) >= 11 is 0. The average Bonchev–Trinajstić information content (AvgIpc) is 2.66. The summed E-state index contributed by atoms with van der Waals surface area (Å²) in [5.41, 5.74) is 1.01. The van der Waals surface area contributed by atoms with Crippen LogP contribution in [-0.2, 0) is 6.54 Å². The van der Waals surface area contributed by atoms with Crippen molar-refractivity contribution in [2.75, 3.05) is 0 Å². The molecule has 1 fully saturated rings. The maximum atomic E-state index is 9.36. The van der Waals surface area contributed by atoms with Gasteiger partial charge in [-0.25, -0.2) is 0 Å². The van der Waals surface area contributed by atoms with Crippen LogP contribution in [0.4, 0.5) is 0 Å². The highest BCUT2D eigenvalue weighted by molar-refractivity contribution is 5.40. The lowest BCUT2D eigenvalue weighted by Gasteiger charge is -2.12. The topological polar surface area (TPSA) is 52.5 Å². The molecular formula is C13H19NO2. The Bertz CT molecular complexity index is 365. The van der Waals surface area contributed by atoms with Gasteiger partial charge in [-0.15, -0.1) is 0 Å². The summed E-state index contributed by atoms with van der Waals surface area (Å²) in [7, 11) is 0. The molecule has 0 spiro atoms. The fourth-order valence-electron chi connectivity index (χ4n) is 2.33. The van der Waals surface area contributed by atoms with Gasteiger partial charge in [-0.1, -0.05) is 13.0 Å². The Hall–Kier alpha value is -1.22. The van der Waals surface area contributed by atoms with Crippen LogP contribution in [0.5, 0.6) is 11.5 Å². The number of rotatable bonds is 3. The van der Waals surface area contributed by atoms with E-state index in [0.717, 1.165) is 18.0 Å². The first-order valence-electron chi connectivity index (χ1n) is 5.89. The van der Waals surface area contributed by atoms with Crippen molar-refractivity contribution in [3.63, 3.8) is 0 Å². The van der Waals surface area contributed by atoms with Crippen molar-refractivity contribution < 1.29 is 10.2 Å². The van der Waals surface area contributed by atoms with E-state index < -0.39 is 0 Å². The number of nitrogens with one attached hydrogen (secondary N) is 1. The van der Waals surface area contributed by atoms with E-state index in [4.69, 9.17) is 0 Å². The van der Waals surface area contributed by atoms with E-state index >= 15 is 0 Å². The Morgan fingerprint density at radius 1 is 1.25 bits per heavy atom. The number of phenolic OH excluding ortho intramolecular Hbond substituents is 2. The predicted molar refractivity (Wildman–Crippen MR) is 63.4 cm³/mol. The van der Waals surface area contributed by atoms with E-state index in [9.17, 15) is 10.2 Å². The molecule has 0 aromatic heterocycles. The lowest BCUT2D eigenvalue weighted by atomic mass is 10.1. The Balaban J connectivity index is 1.87. The normalized spacial score (nSPS) is 24.8. The maximum Gasteiger partial charge on any atom is 0.157 e. The summed E-state index contributed by atoms with van der Waals surface area (Å²) in [6.07, 6.45) is 3.79. The van der Waals surface area contributed by atoms with Gasteiger partial charge in [0.2, 0.25) is 0 Å². The summed E-state index contributed by atoms with van der Waals surface area (Å²) in [5, 5.41) is 22.0. The number of hydrogen-bond acceptors (Lipinski definition) is 3. The molecule has 1 saturated carbocycles. The molecule has 2 atom stereocenters. The van der Waals surface area contributed by atoms with Gasteiger partial charge in [-0.05, 0) is 42.9 Å². The Labute approximate surface area is 96.1 Å². The summed E-state index contributed by atoms with van der Waals surface area (Å²) < 4.78 is 0. The van der Waals surface area contributed by atoms with Crippen LogP contribution >= 0.6 is 0 Å². The molecule has 3 nitrogen and oxygen atoms in total. The van der Waals surface area contributed by atoms with E-state index in [1.807, 2.05) is 6.07 Å². The van der Waals surface area contributed by atoms with Crippen molar-refractivity contribution in [2.45, 2.75) is 38.8 Å². The molecule has 0 amide bonds. The lowest BCUT2D eigenvalue weighted by molar-refractivity contribution is 0.402. The predicted octanol–water partition coefficient (Wildman–Crippen LogP) is 2.38. The van der Waals surface area contributed by atoms with Crippen LogP contribution in [0.1, 0.15) is 31.7 Å². The van der Waals surface area contributed by atoms with Gasteiger partial charge in [0.05, 0.1) is 0 Å². The highest BCUT2D eigenvalue weighted by Gasteiger charge is 2.20. The van der Waals surface area contributed by atoms with Crippen molar-refractivity contribution in [1.82, 2.24) is 5.32 Å². The fourth-order valence-corrected chi connectivity index (χ4v) is 2.33. The molecule has 0 heterocycles. The van der Waals surface area contributed by atoms with Crippen LogP contribution in [0, 0.1) is 5.92 Å². The molecule has 1 aliphatic carbocycles. The van der Waals surface area contributed by atoms with Crippen LogP contribution in [0.3, 0.4) is 0 Å². The summed E-state index contributed by atoms with van der Waals surface area (Å²) in [5.74, 6) is 0.725. The smallest absolute Gasteiger partial charge is 0.157 e. The molecule has 1 aromatic carbocycles. The Kier molecular flexibility index (Phi) is 3.34. The van der Waals surface area contributed by atoms with Crippen molar-refractivity contribution in [3.8, 4) is 11.5 Å². The first-order valence-corrected chi connectivity index (χ1v) is 5.89. The standard InChI is InChI=1S/C13H19NO2/c1-9-2-4-11(6-9)14-8-10-3-5-12(15)13(16)7-10/h3,5,7,9,11,14-16H,2,4,6,8H2,1H3. The second-order valence-electron chi connectivity index (χ2n) is 4.82. The molecule has 1 aliphatic rings. The van der Waals surface area contributed by atoms with E-state index in [1.165, 1.54) is 25.3 Å². The van der Waals surface area contributed by atoms with Crippen molar-refractivity contribution >= 4 is 0 Å². The minimum atomic E-state index is -0.0572. The van der Waals surface area contributed by atoms with Gasteiger partial charge in [0.15, 0.2) is 11.5 Å². The third-order valence-corrected chi connectivity index (χ3v) is 3.33. The monoisotopic (exact) mass is 221 g/mol. The van der Waals surface area contributed by atoms with Gasteiger partial charge < -0.3 is 15.5 Å². The molecule has 2 rings (SSSR count). The summed E-state index contributed by atoms with van der Waals surface area (Å²) in [4.78, 5) is 0. The SMILES string of the molecule is CC1CCC(NCc2ccc(O)c(O)c2)C1. The molecule has 88 valence electrons. The van der Waals surface area contributed by atoms with Crippen LogP contribution in [0.25, 0.3) is 0 Å². The molecule has 0 radical (unpaired) electrons. The lowest BCUT2D eigenvalue weighted by Crippen LogP contribution is -2.25. The zero-order valence-corrected chi connectivity index (χ0v) is 9.61. The fraction of sp³-hybridized carbons (Fsp3) is 0.538. The van der Waals surface area contributed by atoms with Crippen molar-refractivity contribution in [3.05, 3.63) is 23.8 Å². The van der Waals surface area contributed by atoms with Gasteiger partial charge in [-0.2, -0.15) is 0 Å². The molecule has 3 N–H and O–H groups in total. The van der Waals surface area contributed by atoms with Crippen LogP contribution in [0.15, 0.2) is 18.2 Å². The zero-order chi connectivity index (χ0) is 11.5. The van der Waals surface area contributed by atoms with E-state index in [0.29, 0.717) is 6.04 Å². The molecule has 0 aliphatic heterocycles. The Morgan fingerprint density at radius 2 is 2.06 bits per heavy atom. The minimum absolute atomic E-state index is 0.0425. The first kappa shape index (κ1) is 11.3. The van der Waals surface area contributed by atoms with Crippen LogP contribution in [0.2, 0.25) is 0 Å². The third kappa shape index (κ3) is 2.67. The van der Waals surface area contributed by atoms with E-state index in [1.54, 1.807) is 6.07 Å². The van der Waals surface area contributed by atoms with Gasteiger partial charge in [-0.3, -0.25) is 0 Å². The Morgan fingerprint density at radius 3 is 2.69 bits per heavy atom. The minimum Gasteiger partial charge on any atom is -0.504 e. The zero-order valence-electron chi connectivity index (χ0n) is 9.61. The molecular weight excluding hydrogens is 202 g/mol. The number of hydrogen-bond donors (Lipinski definition) is 3. The molecule has 16 heavy (non-hydrogen) atoms. The van der Waals surface area contributed by atoms with E-state index in [-0.39, 0.29) is 11.5 Å². The van der Waals surface area contributed by atoms with Gasteiger partial charge in [0.1, 0.15) is 0 Å². The maximum absolute atomic E-state index is 9.36. The van der Waals surface area contributed by atoms with E-state index in [2.05, 4.69) is 12.2 Å². The quantitative estimate of drug-likeness (QED) is 0.687. The highest BCUT2D eigenvalue weighted by Crippen LogP contribution is 2.27. The molecule has 0 bridgehead atoms. The third-order valence-electron chi connectivity index (χ3n) is 3.33. The van der Waals surface area contributed by atoms with Crippen molar-refractivity contribution in [1.29, 1.82) is 0 Å². The van der Waals surface area contributed by atoms with Gasteiger partial charge in [0, 0.05) is 12.6 Å². The van der Waals surface area contributed by atoms with Crippen molar-refractivity contribution in [2.24, 2.45) is 5.92 Å². The van der Waals surface area contributed by atoms with Crippen LogP contribution < -0.4 is 5.32 Å². The average molecular weight is 221 g/mol. The summed E-state index contributed by atoms with van der Waals surface area (Å²) in [6.45, 7) is 3.04.